The van der Waals surface area contributed by atoms with Crippen LogP contribution in [0.15, 0.2) is 106 Å². The molecule has 2 aromatic heterocycles. The second-order valence-corrected chi connectivity index (χ2v) is 16.5. The molecule has 7 aromatic rings. The summed E-state index contributed by atoms with van der Waals surface area (Å²) in [5.74, 6) is -2.80. The standard InChI is InChI=1S/C40H29N7O14S3/c1-18-7-5-8-19(2)34(18)43-39-44-38(45-40(51)46-39)42-26-16-25(28(59-63(54)55)17-29(26)64(56,57)58)41-24-13-14-27-32-30(22-11-3-4-12-23(22)36(49)31(24)32)33(37(50)47(27)52)35(48)20-9-6-10-21(15-20)62-61-60-53/h3-17,41,52-53H,1-2H3,(H,54,55)(H,56,57,58)(H3,42,43,44,45,46,51). The monoisotopic (exact) mass is 927 g/mol. The molecule has 0 aliphatic heterocycles. The smallest absolute Gasteiger partial charge is 0.357 e. The van der Waals surface area contributed by atoms with E-state index >= 15 is 0 Å². The minimum atomic E-state index is -5.19. The van der Waals surface area contributed by atoms with Crippen molar-refractivity contribution in [3.05, 3.63) is 135 Å². The van der Waals surface area contributed by atoms with E-state index in [-0.39, 0.29) is 65.7 Å². The second-order valence-electron chi connectivity index (χ2n) is 13.8. The van der Waals surface area contributed by atoms with Crippen LogP contribution in [0.3, 0.4) is 0 Å². The first-order valence-corrected chi connectivity index (χ1v) is 21.4. The van der Waals surface area contributed by atoms with E-state index < -0.39 is 72.5 Å². The molecule has 5 aromatic carbocycles. The number of fused-ring (bicyclic) bond motifs is 2. The van der Waals surface area contributed by atoms with Crippen molar-refractivity contribution in [3.8, 4) is 22.9 Å². The molecule has 0 saturated carbocycles. The number of aryl methyl sites for hydroxylation is 2. The number of nitrogens with one attached hydrogen (secondary N) is 3. The van der Waals surface area contributed by atoms with E-state index in [2.05, 4.69) is 40.3 Å². The molecule has 21 nitrogen and oxygen atoms in total. The number of aromatic hydroxyl groups is 1. The Morgan fingerprint density at radius 1 is 0.812 bits per heavy atom. The average molecular weight is 928 g/mol. The molecule has 0 saturated heterocycles. The molecule has 1 aliphatic rings. The van der Waals surface area contributed by atoms with Gasteiger partial charge in [-0.2, -0.15) is 27.6 Å². The Morgan fingerprint density at radius 3 is 2.19 bits per heavy atom. The highest BCUT2D eigenvalue weighted by Gasteiger charge is 2.35. The number of aromatic nitrogens is 4. The number of anilines is 6. The van der Waals surface area contributed by atoms with E-state index in [1.807, 2.05) is 32.0 Å². The predicted molar refractivity (Wildman–Crippen MR) is 230 cm³/mol. The van der Waals surface area contributed by atoms with Crippen molar-refractivity contribution in [2.75, 3.05) is 16.0 Å². The summed E-state index contributed by atoms with van der Waals surface area (Å²) in [7, 11) is -5.19. The van der Waals surface area contributed by atoms with E-state index in [9.17, 15) is 46.4 Å². The van der Waals surface area contributed by atoms with E-state index in [1.165, 1.54) is 48.5 Å². The Morgan fingerprint density at radius 2 is 1.50 bits per heavy atom. The van der Waals surface area contributed by atoms with Gasteiger partial charge in [-0.1, -0.05) is 59.6 Å². The average Bonchev–Trinajstić information content (AvgIpc) is 3.25. The van der Waals surface area contributed by atoms with Crippen LogP contribution < -0.4 is 25.7 Å². The molecular weight excluding hydrogens is 899 g/mol. The van der Waals surface area contributed by atoms with Crippen LogP contribution in [0.25, 0.3) is 22.0 Å². The number of carbonyl (C=O) groups excluding carboxylic acids is 2. The highest BCUT2D eigenvalue weighted by molar-refractivity contribution is 7.94. The summed E-state index contributed by atoms with van der Waals surface area (Å²) in [6, 6.07) is 20.7. The van der Waals surface area contributed by atoms with Crippen molar-refractivity contribution in [1.29, 1.82) is 0 Å². The number of pyridine rings is 1. The highest BCUT2D eigenvalue weighted by atomic mass is 32.2. The number of hydrogen-bond donors (Lipinski definition) is 8. The van der Waals surface area contributed by atoms with Gasteiger partial charge in [0, 0.05) is 38.7 Å². The molecule has 0 fully saturated rings. The van der Waals surface area contributed by atoms with Crippen molar-refractivity contribution in [3.63, 3.8) is 0 Å². The summed E-state index contributed by atoms with van der Waals surface area (Å²) >= 11 is -2.55. The molecule has 1 unspecified atom stereocenters. The number of ketones is 2. The summed E-state index contributed by atoms with van der Waals surface area (Å²) in [4.78, 5) is 54.2. The van der Waals surface area contributed by atoms with Crippen molar-refractivity contribution < 1.29 is 60.4 Å². The third-order valence-corrected chi connectivity index (χ3v) is 11.6. The van der Waals surface area contributed by atoms with Gasteiger partial charge in [-0.15, -0.1) is 9.06 Å². The number of hydrogen-bond acceptors (Lipinski definition) is 19. The fourth-order valence-corrected chi connectivity index (χ4v) is 8.55. The number of nitrogens with zero attached hydrogens (tertiary/aromatic N) is 4. The first-order chi connectivity index (χ1) is 30.5. The Kier molecular flexibility index (Phi) is 11.6. The zero-order chi connectivity index (χ0) is 45.6. The van der Waals surface area contributed by atoms with Gasteiger partial charge in [0.15, 0.2) is 17.3 Å². The summed E-state index contributed by atoms with van der Waals surface area (Å²) < 4.78 is 67.6. The Labute approximate surface area is 366 Å². The number of carbonyl (C=O) groups is 2. The number of rotatable bonds is 14. The van der Waals surface area contributed by atoms with Crippen LogP contribution in [0.2, 0.25) is 0 Å². The fraction of sp³-hybridized carbons (Fsp3) is 0.0500. The first-order valence-electron chi connectivity index (χ1n) is 18.2. The van der Waals surface area contributed by atoms with Gasteiger partial charge in [-0.3, -0.25) is 23.5 Å². The second kappa shape index (κ2) is 17.1. The van der Waals surface area contributed by atoms with Crippen LogP contribution >= 0.6 is 12.0 Å². The van der Waals surface area contributed by atoms with Crippen LogP contribution in [-0.2, 0) is 30.9 Å². The molecule has 326 valence electrons. The van der Waals surface area contributed by atoms with Crippen molar-refractivity contribution in [2.45, 2.75) is 23.6 Å². The topological polar surface area (TPSA) is 311 Å². The minimum Gasteiger partial charge on any atom is -0.479 e. The maximum absolute atomic E-state index is 14.6. The fourth-order valence-electron chi connectivity index (χ4n) is 7.19. The number of benzene rings is 5. The zero-order valence-electron chi connectivity index (χ0n) is 32.6. The van der Waals surface area contributed by atoms with Crippen LogP contribution in [0.4, 0.5) is 34.6 Å². The lowest BCUT2D eigenvalue weighted by molar-refractivity contribution is -0.432. The molecule has 64 heavy (non-hydrogen) atoms. The largest absolute Gasteiger partial charge is 0.479 e. The maximum Gasteiger partial charge on any atom is 0.357 e. The Hall–Kier alpha value is -7.29. The molecule has 0 amide bonds. The molecule has 8 rings (SSSR count). The molecule has 24 heteroatoms. The molecule has 8 N–H and O–H groups in total. The van der Waals surface area contributed by atoms with Gasteiger partial charge < -0.3 is 30.4 Å². The third-order valence-electron chi connectivity index (χ3n) is 9.85. The van der Waals surface area contributed by atoms with Gasteiger partial charge in [-0.05, 0) is 60.9 Å². The van der Waals surface area contributed by atoms with Gasteiger partial charge in [-0.25, -0.2) is 5.26 Å². The van der Waals surface area contributed by atoms with Crippen LogP contribution in [0, 0.1) is 13.8 Å². The quantitative estimate of drug-likeness (QED) is 0.0108. The molecule has 1 atom stereocenters. The summed E-state index contributed by atoms with van der Waals surface area (Å²) in [6.07, 6.45) is 0. The zero-order valence-corrected chi connectivity index (χ0v) is 35.0. The van der Waals surface area contributed by atoms with Crippen molar-refractivity contribution in [1.82, 2.24) is 19.7 Å². The van der Waals surface area contributed by atoms with Gasteiger partial charge in [0.25, 0.3) is 15.7 Å². The lowest BCUT2D eigenvalue weighted by Crippen LogP contribution is -2.29. The highest BCUT2D eigenvalue weighted by Crippen LogP contribution is 2.46. The SMILES string of the molecule is Cc1cccc(C)c1Nc1nc(O)nc(Nc2cc(Nc3ccc4c5c3C(=O)c3ccccc3-c5c(C(=O)c3cccc(SOOO)c3)c(=O)n4O)c(OS(=O)O)cc2S(=O)(=O)O)n1. The predicted octanol–water partition coefficient (Wildman–Crippen LogP) is 6.61. The lowest BCUT2D eigenvalue weighted by Gasteiger charge is -2.25. The van der Waals surface area contributed by atoms with E-state index in [0.717, 1.165) is 17.2 Å². The molecule has 1 aliphatic carbocycles. The van der Waals surface area contributed by atoms with Gasteiger partial charge >= 0.3 is 17.4 Å². The first kappa shape index (κ1) is 43.4. The molecule has 0 bridgehead atoms. The number of para-hydroxylation sites is 1. The summed E-state index contributed by atoms with van der Waals surface area (Å²) in [6.45, 7) is 3.63. The molecule has 2 heterocycles. The van der Waals surface area contributed by atoms with E-state index in [4.69, 9.17) is 9.44 Å². The molecule has 0 spiro atoms. The van der Waals surface area contributed by atoms with E-state index in [1.54, 1.807) is 12.1 Å². The Bertz CT molecular complexity index is 3290. The maximum atomic E-state index is 14.6. The Balaban J connectivity index is 1.30. The molecule has 0 radical (unpaired) electrons. The minimum absolute atomic E-state index is 0.0319. The van der Waals surface area contributed by atoms with Gasteiger partial charge in [0.2, 0.25) is 11.9 Å². The summed E-state index contributed by atoms with van der Waals surface area (Å²) in [5, 5.41) is 42.4. The normalized spacial score (nSPS) is 12.4. The van der Waals surface area contributed by atoms with Crippen molar-refractivity contribution >= 4 is 90.6 Å². The van der Waals surface area contributed by atoms with E-state index in [0.29, 0.717) is 23.8 Å². The summed E-state index contributed by atoms with van der Waals surface area (Å²) in [5.41, 5.74) is -0.674. The van der Waals surface area contributed by atoms with Crippen molar-refractivity contribution in [2.24, 2.45) is 0 Å². The third kappa shape index (κ3) is 8.20. The van der Waals surface area contributed by atoms with Gasteiger partial charge in [0.1, 0.15) is 4.90 Å². The van der Waals surface area contributed by atoms with Crippen LogP contribution in [0.5, 0.6) is 11.8 Å². The lowest BCUT2D eigenvalue weighted by atomic mass is 9.80. The van der Waals surface area contributed by atoms with Crippen LogP contribution in [-0.4, -0.2) is 68.6 Å². The van der Waals surface area contributed by atoms with Gasteiger partial charge in [0.05, 0.1) is 45.7 Å². The molecular formula is C40H29N7O14S3. The van der Waals surface area contributed by atoms with Crippen LogP contribution in [0.1, 0.15) is 43.0 Å².